The summed E-state index contributed by atoms with van der Waals surface area (Å²) in [4.78, 5) is 27.4. The maximum Gasteiger partial charge on any atom is 0.292 e. The summed E-state index contributed by atoms with van der Waals surface area (Å²) in [6.45, 7) is 9.45. The highest BCUT2D eigenvalue weighted by atomic mass is 16.6. The minimum absolute atomic E-state index is 0.0485. The van der Waals surface area contributed by atoms with Gasteiger partial charge in [-0.05, 0) is 29.2 Å². The highest BCUT2D eigenvalue weighted by Gasteiger charge is 2.24. The normalized spacial score (nSPS) is 15.2. The molecule has 2 aromatic rings. The number of amides is 1. The molecule has 1 saturated heterocycles. The average Bonchev–Trinajstić information content (AvgIpc) is 2.68. The molecular weight excluding hydrogens is 368 g/mol. The van der Waals surface area contributed by atoms with Gasteiger partial charge in [-0.25, -0.2) is 0 Å². The van der Waals surface area contributed by atoms with Crippen molar-refractivity contribution in [3.8, 4) is 0 Å². The van der Waals surface area contributed by atoms with E-state index in [1.807, 2.05) is 35.2 Å². The Morgan fingerprint density at radius 3 is 2.24 bits per heavy atom. The molecule has 1 heterocycles. The number of nitro benzene ring substituents is 1. The molecule has 0 saturated carbocycles. The molecule has 7 heteroatoms. The van der Waals surface area contributed by atoms with E-state index in [4.69, 9.17) is 0 Å². The third-order valence-corrected chi connectivity index (χ3v) is 5.19. The van der Waals surface area contributed by atoms with Crippen molar-refractivity contribution in [1.29, 1.82) is 0 Å². The SMILES string of the molecule is CC(C)(C)c1ccc(NC(=O)CN2CCN(c3ccccc3[N+](=O)[O-])CC2)cc1. The van der Waals surface area contributed by atoms with Gasteiger partial charge in [-0.1, -0.05) is 45.0 Å². The summed E-state index contributed by atoms with van der Waals surface area (Å²) in [7, 11) is 0. The van der Waals surface area contributed by atoms with Crippen LogP contribution >= 0.6 is 0 Å². The third kappa shape index (κ3) is 5.32. The molecule has 0 radical (unpaired) electrons. The number of para-hydroxylation sites is 2. The molecular formula is C22H28N4O3. The van der Waals surface area contributed by atoms with Crippen LogP contribution < -0.4 is 10.2 Å². The van der Waals surface area contributed by atoms with Gasteiger partial charge in [0.25, 0.3) is 5.69 Å². The Labute approximate surface area is 171 Å². The Morgan fingerprint density at radius 1 is 1.03 bits per heavy atom. The van der Waals surface area contributed by atoms with E-state index in [0.29, 0.717) is 38.4 Å². The van der Waals surface area contributed by atoms with Gasteiger partial charge in [0.2, 0.25) is 5.91 Å². The Morgan fingerprint density at radius 2 is 1.66 bits per heavy atom. The number of nitrogens with one attached hydrogen (secondary N) is 1. The maximum atomic E-state index is 12.4. The van der Waals surface area contributed by atoms with Crippen LogP contribution in [0, 0.1) is 10.1 Å². The van der Waals surface area contributed by atoms with Crippen molar-refractivity contribution in [1.82, 2.24) is 4.90 Å². The number of rotatable bonds is 5. The van der Waals surface area contributed by atoms with E-state index in [-0.39, 0.29) is 21.9 Å². The monoisotopic (exact) mass is 396 g/mol. The summed E-state index contributed by atoms with van der Waals surface area (Å²) in [6.07, 6.45) is 0. The second-order valence-electron chi connectivity index (χ2n) is 8.38. The summed E-state index contributed by atoms with van der Waals surface area (Å²) < 4.78 is 0. The molecule has 0 aromatic heterocycles. The van der Waals surface area contributed by atoms with Crippen LogP contribution in [0.3, 0.4) is 0 Å². The van der Waals surface area contributed by atoms with Crippen molar-refractivity contribution in [2.75, 3.05) is 42.9 Å². The topological polar surface area (TPSA) is 78.7 Å². The van der Waals surface area contributed by atoms with E-state index in [1.165, 1.54) is 11.6 Å². The molecule has 29 heavy (non-hydrogen) atoms. The van der Waals surface area contributed by atoms with Crippen LogP contribution in [0.4, 0.5) is 17.1 Å². The molecule has 0 bridgehead atoms. The van der Waals surface area contributed by atoms with Crippen LogP contribution in [0.2, 0.25) is 0 Å². The van der Waals surface area contributed by atoms with Crippen LogP contribution in [0.5, 0.6) is 0 Å². The molecule has 3 rings (SSSR count). The zero-order valence-electron chi connectivity index (χ0n) is 17.2. The molecule has 1 fully saturated rings. The lowest BCUT2D eigenvalue weighted by atomic mass is 9.87. The molecule has 0 spiro atoms. The van der Waals surface area contributed by atoms with Gasteiger partial charge in [0.05, 0.1) is 11.5 Å². The first-order chi connectivity index (χ1) is 13.7. The first kappa shape index (κ1) is 20.8. The number of carbonyl (C=O) groups excluding carboxylic acids is 1. The van der Waals surface area contributed by atoms with Crippen LogP contribution in [-0.4, -0.2) is 48.5 Å². The molecule has 1 aliphatic rings. The molecule has 7 nitrogen and oxygen atoms in total. The Kier molecular flexibility index (Phi) is 6.17. The van der Waals surface area contributed by atoms with Crippen LogP contribution in [0.25, 0.3) is 0 Å². The van der Waals surface area contributed by atoms with Crippen LogP contribution in [0.15, 0.2) is 48.5 Å². The summed E-state index contributed by atoms with van der Waals surface area (Å²) in [5.41, 5.74) is 2.86. The predicted molar refractivity (Wildman–Crippen MR) is 116 cm³/mol. The molecule has 0 atom stereocenters. The van der Waals surface area contributed by atoms with Crippen molar-refractivity contribution in [3.05, 3.63) is 64.2 Å². The minimum Gasteiger partial charge on any atom is -0.363 e. The lowest BCUT2D eigenvalue weighted by molar-refractivity contribution is -0.384. The molecule has 2 aromatic carbocycles. The number of anilines is 2. The van der Waals surface area contributed by atoms with Gasteiger partial charge in [0.1, 0.15) is 5.69 Å². The second kappa shape index (κ2) is 8.61. The van der Waals surface area contributed by atoms with Crippen molar-refractivity contribution in [2.24, 2.45) is 0 Å². The Balaban J connectivity index is 1.52. The lowest BCUT2D eigenvalue weighted by Crippen LogP contribution is -2.48. The maximum absolute atomic E-state index is 12.4. The zero-order chi connectivity index (χ0) is 21.0. The molecule has 154 valence electrons. The van der Waals surface area contributed by atoms with Gasteiger partial charge in [0.15, 0.2) is 0 Å². The largest absolute Gasteiger partial charge is 0.363 e. The summed E-state index contributed by atoms with van der Waals surface area (Å²) in [6, 6.07) is 14.8. The quantitative estimate of drug-likeness (QED) is 0.616. The molecule has 1 aliphatic heterocycles. The van der Waals surface area contributed by atoms with E-state index < -0.39 is 0 Å². The van der Waals surface area contributed by atoms with Gasteiger partial charge in [-0.3, -0.25) is 19.8 Å². The van der Waals surface area contributed by atoms with Gasteiger partial charge < -0.3 is 10.2 Å². The Hall–Kier alpha value is -2.93. The van der Waals surface area contributed by atoms with Crippen molar-refractivity contribution >= 4 is 23.0 Å². The average molecular weight is 396 g/mol. The number of hydrogen-bond acceptors (Lipinski definition) is 5. The first-order valence-electron chi connectivity index (χ1n) is 9.85. The van der Waals surface area contributed by atoms with Gasteiger partial charge >= 0.3 is 0 Å². The van der Waals surface area contributed by atoms with Crippen molar-refractivity contribution in [2.45, 2.75) is 26.2 Å². The summed E-state index contributed by atoms with van der Waals surface area (Å²) in [5, 5.41) is 14.2. The van der Waals surface area contributed by atoms with Gasteiger partial charge in [0, 0.05) is 37.9 Å². The fourth-order valence-corrected chi connectivity index (χ4v) is 3.49. The standard InChI is InChI=1S/C22H28N4O3/c1-22(2,3)17-8-10-18(11-9-17)23-21(27)16-24-12-14-25(15-13-24)19-6-4-5-7-20(19)26(28)29/h4-11H,12-16H2,1-3H3,(H,23,27). The van der Waals surface area contributed by atoms with Crippen molar-refractivity contribution in [3.63, 3.8) is 0 Å². The minimum atomic E-state index is -0.347. The summed E-state index contributed by atoms with van der Waals surface area (Å²) in [5.74, 6) is -0.0485. The fraction of sp³-hybridized carbons (Fsp3) is 0.409. The summed E-state index contributed by atoms with van der Waals surface area (Å²) >= 11 is 0. The van der Waals surface area contributed by atoms with E-state index in [0.717, 1.165) is 5.69 Å². The number of hydrogen-bond donors (Lipinski definition) is 1. The fourth-order valence-electron chi connectivity index (χ4n) is 3.49. The number of benzene rings is 2. The second-order valence-corrected chi connectivity index (χ2v) is 8.38. The number of carbonyl (C=O) groups is 1. The Bertz CT molecular complexity index is 866. The molecule has 1 amide bonds. The van der Waals surface area contributed by atoms with Crippen LogP contribution in [0.1, 0.15) is 26.3 Å². The number of nitrogens with zero attached hydrogens (tertiary/aromatic N) is 3. The highest BCUT2D eigenvalue weighted by molar-refractivity contribution is 5.92. The zero-order valence-corrected chi connectivity index (χ0v) is 17.2. The molecule has 1 N–H and O–H groups in total. The van der Waals surface area contributed by atoms with Gasteiger partial charge in [-0.2, -0.15) is 0 Å². The van der Waals surface area contributed by atoms with Crippen LogP contribution in [-0.2, 0) is 10.2 Å². The highest BCUT2D eigenvalue weighted by Crippen LogP contribution is 2.28. The smallest absolute Gasteiger partial charge is 0.292 e. The molecule has 0 aliphatic carbocycles. The van der Waals surface area contributed by atoms with E-state index in [2.05, 4.69) is 31.0 Å². The number of piperazine rings is 1. The first-order valence-corrected chi connectivity index (χ1v) is 9.85. The van der Waals surface area contributed by atoms with Crippen molar-refractivity contribution < 1.29 is 9.72 Å². The lowest BCUT2D eigenvalue weighted by Gasteiger charge is -2.35. The molecule has 0 unspecified atom stereocenters. The third-order valence-electron chi connectivity index (χ3n) is 5.19. The van der Waals surface area contributed by atoms with E-state index in [1.54, 1.807) is 12.1 Å². The van der Waals surface area contributed by atoms with E-state index in [9.17, 15) is 14.9 Å². The number of nitro groups is 1. The predicted octanol–water partition coefficient (Wildman–Crippen LogP) is 3.65. The van der Waals surface area contributed by atoms with E-state index >= 15 is 0 Å². The van der Waals surface area contributed by atoms with Gasteiger partial charge in [-0.15, -0.1) is 0 Å².